The maximum atomic E-state index is 12.0. The van der Waals surface area contributed by atoms with Crippen molar-refractivity contribution in [1.29, 1.82) is 0 Å². The molecule has 0 aliphatic rings. The second-order valence-corrected chi connectivity index (χ2v) is 6.31. The second kappa shape index (κ2) is 4.89. The van der Waals surface area contributed by atoms with E-state index in [4.69, 9.17) is 0 Å². The Morgan fingerprint density at radius 3 is 2.58 bits per heavy atom. The van der Waals surface area contributed by atoms with Crippen LogP contribution in [0.5, 0.6) is 0 Å². The Labute approximate surface area is 120 Å². The van der Waals surface area contributed by atoms with E-state index in [0.29, 0.717) is 10.3 Å². The minimum atomic E-state index is -0.206. The number of hydrogen-bond donors (Lipinski definition) is 1. The number of pyridine rings is 1. The van der Waals surface area contributed by atoms with Crippen LogP contribution in [0.4, 0.5) is 0 Å². The number of halogens is 1. The van der Waals surface area contributed by atoms with Gasteiger partial charge in [-0.15, -0.1) is 0 Å². The van der Waals surface area contributed by atoms with E-state index in [1.807, 2.05) is 33.8 Å². The number of hydrogen-bond acceptors (Lipinski definition) is 3. The summed E-state index contributed by atoms with van der Waals surface area (Å²) in [7, 11) is 0. The van der Waals surface area contributed by atoms with Crippen LogP contribution in [0, 0.1) is 6.92 Å². The summed E-state index contributed by atoms with van der Waals surface area (Å²) in [6.45, 7) is 8.04. The Morgan fingerprint density at radius 1 is 1.32 bits per heavy atom. The van der Waals surface area contributed by atoms with E-state index >= 15 is 0 Å². The third-order valence-electron chi connectivity index (χ3n) is 2.85. The van der Waals surface area contributed by atoms with Gasteiger partial charge in [-0.2, -0.15) is 0 Å². The second-order valence-electron chi connectivity index (χ2n) is 5.52. The van der Waals surface area contributed by atoms with Crippen molar-refractivity contribution in [2.45, 2.75) is 33.1 Å². The fraction of sp³-hybridized carbons (Fsp3) is 0.357. The lowest BCUT2D eigenvalue weighted by Gasteiger charge is -2.20. The lowest BCUT2D eigenvalue weighted by Crippen LogP contribution is -2.22. The van der Waals surface area contributed by atoms with Gasteiger partial charge < -0.3 is 4.98 Å². The van der Waals surface area contributed by atoms with Crippen LogP contribution in [0.1, 0.15) is 32.0 Å². The molecule has 0 aromatic carbocycles. The van der Waals surface area contributed by atoms with E-state index in [1.54, 1.807) is 12.4 Å². The average Bonchev–Trinajstić information content (AvgIpc) is 2.31. The van der Waals surface area contributed by atoms with Crippen LogP contribution >= 0.6 is 15.9 Å². The lowest BCUT2D eigenvalue weighted by molar-refractivity contribution is 0.562. The Bertz CT molecular complexity index is 671. The molecular weight excluding hydrogens is 306 g/mol. The van der Waals surface area contributed by atoms with Crippen molar-refractivity contribution < 1.29 is 0 Å². The maximum absolute atomic E-state index is 12.0. The summed E-state index contributed by atoms with van der Waals surface area (Å²) in [5.74, 6) is 0.582. The van der Waals surface area contributed by atoms with Gasteiger partial charge in [0.15, 0.2) is 0 Å². The zero-order valence-corrected chi connectivity index (χ0v) is 13.0. The molecule has 0 aliphatic carbocycles. The summed E-state index contributed by atoms with van der Waals surface area (Å²) >= 11 is 3.32. The highest BCUT2D eigenvalue weighted by molar-refractivity contribution is 9.10. The van der Waals surface area contributed by atoms with Gasteiger partial charge in [-0.05, 0) is 34.5 Å². The molecule has 4 nitrogen and oxygen atoms in total. The molecule has 0 saturated heterocycles. The van der Waals surface area contributed by atoms with E-state index in [9.17, 15) is 4.79 Å². The molecule has 0 saturated carbocycles. The standard InChI is InChI=1S/C14H16BrN3O/c1-8-7-16-6-5-9(8)12-17-11(14(2,3)4)10(15)13(19)18-12/h5-7H,1-4H3,(H,17,18,19). The highest BCUT2D eigenvalue weighted by Crippen LogP contribution is 2.27. The topological polar surface area (TPSA) is 58.6 Å². The van der Waals surface area contributed by atoms with E-state index in [0.717, 1.165) is 16.8 Å². The molecule has 2 heterocycles. The van der Waals surface area contributed by atoms with Crippen LogP contribution in [0.25, 0.3) is 11.4 Å². The first kappa shape index (κ1) is 13.9. The zero-order chi connectivity index (χ0) is 14.2. The number of rotatable bonds is 1. The van der Waals surface area contributed by atoms with E-state index in [-0.39, 0.29) is 11.0 Å². The Hall–Kier alpha value is -1.49. The van der Waals surface area contributed by atoms with Gasteiger partial charge in [0.05, 0.1) is 5.69 Å². The number of aromatic nitrogens is 3. The summed E-state index contributed by atoms with van der Waals surface area (Å²) in [5.41, 5.74) is 2.26. The molecular formula is C14H16BrN3O. The first-order valence-corrected chi connectivity index (χ1v) is 6.81. The average molecular weight is 322 g/mol. The van der Waals surface area contributed by atoms with Gasteiger partial charge in [0.2, 0.25) is 0 Å². The monoisotopic (exact) mass is 321 g/mol. The van der Waals surface area contributed by atoms with Crippen molar-refractivity contribution in [3.63, 3.8) is 0 Å². The van der Waals surface area contributed by atoms with Gasteiger partial charge in [0.1, 0.15) is 10.3 Å². The molecule has 1 N–H and O–H groups in total. The van der Waals surface area contributed by atoms with Gasteiger partial charge in [-0.3, -0.25) is 9.78 Å². The Balaban J connectivity index is 2.71. The van der Waals surface area contributed by atoms with Crippen molar-refractivity contribution in [2.75, 3.05) is 0 Å². The van der Waals surface area contributed by atoms with Gasteiger partial charge in [0.25, 0.3) is 5.56 Å². The number of nitrogens with zero attached hydrogens (tertiary/aromatic N) is 2. The minimum absolute atomic E-state index is 0.161. The summed E-state index contributed by atoms with van der Waals surface area (Å²) in [6, 6.07) is 1.86. The normalized spacial score (nSPS) is 11.6. The summed E-state index contributed by atoms with van der Waals surface area (Å²) in [5, 5.41) is 0. The largest absolute Gasteiger partial charge is 0.306 e. The SMILES string of the molecule is Cc1cnccc1-c1nc(C(C)(C)C)c(Br)c(=O)[nH]1. The van der Waals surface area contributed by atoms with Gasteiger partial charge >= 0.3 is 0 Å². The molecule has 5 heteroatoms. The highest BCUT2D eigenvalue weighted by atomic mass is 79.9. The fourth-order valence-corrected chi connectivity index (χ4v) is 2.60. The van der Waals surface area contributed by atoms with Crippen LogP contribution < -0.4 is 5.56 Å². The molecule has 100 valence electrons. The van der Waals surface area contributed by atoms with E-state index in [1.165, 1.54) is 0 Å². The van der Waals surface area contributed by atoms with Crippen LogP contribution in [-0.2, 0) is 5.41 Å². The van der Waals surface area contributed by atoms with Crippen LogP contribution in [-0.4, -0.2) is 15.0 Å². The molecule has 19 heavy (non-hydrogen) atoms. The molecule has 0 fully saturated rings. The quantitative estimate of drug-likeness (QED) is 0.877. The molecule has 0 atom stereocenters. The molecule has 2 aromatic rings. The summed E-state index contributed by atoms with van der Waals surface area (Å²) < 4.78 is 0.496. The van der Waals surface area contributed by atoms with Gasteiger partial charge in [0, 0.05) is 23.4 Å². The Kier molecular flexibility index (Phi) is 3.58. The predicted octanol–water partition coefficient (Wildman–Crippen LogP) is 3.20. The molecule has 0 aliphatic heterocycles. The van der Waals surface area contributed by atoms with Crippen LogP contribution in [0.3, 0.4) is 0 Å². The highest BCUT2D eigenvalue weighted by Gasteiger charge is 2.22. The third kappa shape index (κ3) is 2.76. The Morgan fingerprint density at radius 2 is 2.00 bits per heavy atom. The maximum Gasteiger partial charge on any atom is 0.265 e. The molecule has 0 radical (unpaired) electrons. The molecule has 0 amide bonds. The summed E-state index contributed by atoms with van der Waals surface area (Å²) in [4.78, 5) is 23.5. The van der Waals surface area contributed by atoms with Crippen molar-refractivity contribution in [3.8, 4) is 11.4 Å². The molecule has 0 spiro atoms. The number of aromatic amines is 1. The summed E-state index contributed by atoms with van der Waals surface area (Å²) in [6.07, 6.45) is 3.45. The smallest absolute Gasteiger partial charge is 0.265 e. The van der Waals surface area contributed by atoms with Crippen LogP contribution in [0.15, 0.2) is 27.7 Å². The van der Waals surface area contributed by atoms with Gasteiger partial charge in [-0.1, -0.05) is 20.8 Å². The van der Waals surface area contributed by atoms with Crippen molar-refractivity contribution in [1.82, 2.24) is 15.0 Å². The van der Waals surface area contributed by atoms with Crippen molar-refractivity contribution in [2.24, 2.45) is 0 Å². The number of H-pyrrole nitrogens is 1. The lowest BCUT2D eigenvalue weighted by atomic mass is 9.92. The first-order valence-electron chi connectivity index (χ1n) is 6.02. The van der Waals surface area contributed by atoms with Crippen molar-refractivity contribution in [3.05, 3.63) is 44.5 Å². The van der Waals surface area contributed by atoms with Gasteiger partial charge in [-0.25, -0.2) is 4.98 Å². The minimum Gasteiger partial charge on any atom is -0.306 e. The van der Waals surface area contributed by atoms with Crippen molar-refractivity contribution >= 4 is 15.9 Å². The fourth-order valence-electron chi connectivity index (χ4n) is 1.82. The number of nitrogens with one attached hydrogen (secondary N) is 1. The number of aryl methyl sites for hydroxylation is 1. The molecule has 2 rings (SSSR count). The third-order valence-corrected chi connectivity index (χ3v) is 3.58. The zero-order valence-electron chi connectivity index (χ0n) is 11.4. The van der Waals surface area contributed by atoms with E-state index < -0.39 is 0 Å². The van der Waals surface area contributed by atoms with E-state index in [2.05, 4.69) is 30.9 Å². The first-order chi connectivity index (χ1) is 8.80. The molecule has 2 aromatic heterocycles. The molecule has 0 bridgehead atoms. The molecule has 0 unspecified atom stereocenters. The van der Waals surface area contributed by atoms with Crippen LogP contribution in [0.2, 0.25) is 0 Å². The predicted molar refractivity (Wildman–Crippen MR) is 79.2 cm³/mol.